The number of hydrogen-bond donors (Lipinski definition) is 0. The van der Waals surface area contributed by atoms with E-state index in [-0.39, 0.29) is 11.7 Å². The van der Waals surface area contributed by atoms with Crippen molar-refractivity contribution in [1.82, 2.24) is 15.1 Å². The van der Waals surface area contributed by atoms with Crippen LogP contribution in [0.25, 0.3) is 11.5 Å². The van der Waals surface area contributed by atoms with E-state index in [9.17, 15) is 4.79 Å². The average Bonchev–Trinajstić information content (AvgIpc) is 3.19. The Bertz CT molecular complexity index is 883. The normalized spacial score (nSPS) is 10.6. The molecular formula is C20H21N3O3S. The highest BCUT2D eigenvalue weighted by Crippen LogP contribution is 2.30. The van der Waals surface area contributed by atoms with Crippen LogP contribution in [0.15, 0.2) is 64.2 Å². The highest BCUT2D eigenvalue weighted by Gasteiger charge is 2.17. The first-order valence-corrected chi connectivity index (χ1v) is 9.61. The summed E-state index contributed by atoms with van der Waals surface area (Å²) in [6, 6.07) is 17.4. The van der Waals surface area contributed by atoms with E-state index in [1.807, 2.05) is 61.5 Å². The number of methoxy groups -OCH3 is 1. The molecule has 2 aromatic carbocycles. The monoisotopic (exact) mass is 383 g/mol. The molecule has 0 aliphatic heterocycles. The minimum Gasteiger partial charge on any atom is -0.496 e. The number of benzene rings is 2. The summed E-state index contributed by atoms with van der Waals surface area (Å²) in [4.78, 5) is 14.3. The molecule has 0 atom stereocenters. The smallest absolute Gasteiger partial charge is 0.277 e. The zero-order valence-electron chi connectivity index (χ0n) is 15.3. The minimum atomic E-state index is 0.0309. The van der Waals surface area contributed by atoms with E-state index in [4.69, 9.17) is 9.15 Å². The molecule has 1 heterocycles. The Kier molecular flexibility index (Phi) is 6.49. The van der Waals surface area contributed by atoms with E-state index >= 15 is 0 Å². The largest absolute Gasteiger partial charge is 0.496 e. The van der Waals surface area contributed by atoms with Crippen LogP contribution >= 0.6 is 11.8 Å². The summed E-state index contributed by atoms with van der Waals surface area (Å²) >= 11 is 1.24. The molecule has 0 aliphatic rings. The van der Waals surface area contributed by atoms with Gasteiger partial charge in [0.15, 0.2) is 0 Å². The first kappa shape index (κ1) is 19.0. The quantitative estimate of drug-likeness (QED) is 0.550. The summed E-state index contributed by atoms with van der Waals surface area (Å²) in [6.07, 6.45) is 0. The van der Waals surface area contributed by atoms with Crippen LogP contribution in [-0.4, -0.2) is 40.4 Å². The van der Waals surface area contributed by atoms with Gasteiger partial charge in [0.05, 0.1) is 18.4 Å². The first-order chi connectivity index (χ1) is 13.2. The van der Waals surface area contributed by atoms with Gasteiger partial charge in [0, 0.05) is 13.1 Å². The number of ether oxygens (including phenoxy) is 1. The van der Waals surface area contributed by atoms with Crippen molar-refractivity contribution < 1.29 is 13.9 Å². The predicted molar refractivity (Wildman–Crippen MR) is 105 cm³/mol. The summed E-state index contributed by atoms with van der Waals surface area (Å²) in [6.45, 7) is 3.20. The van der Waals surface area contributed by atoms with Crippen LogP contribution in [0, 0.1) is 0 Å². The van der Waals surface area contributed by atoms with Gasteiger partial charge < -0.3 is 14.1 Å². The molecule has 0 saturated heterocycles. The lowest BCUT2D eigenvalue weighted by molar-refractivity contribution is -0.128. The van der Waals surface area contributed by atoms with E-state index in [2.05, 4.69) is 10.2 Å². The molecule has 0 spiro atoms. The Morgan fingerprint density at radius 2 is 1.85 bits per heavy atom. The molecule has 0 saturated carbocycles. The summed E-state index contributed by atoms with van der Waals surface area (Å²) in [7, 11) is 1.59. The fourth-order valence-electron chi connectivity index (χ4n) is 2.59. The number of nitrogens with zero attached hydrogens (tertiary/aromatic N) is 3. The van der Waals surface area contributed by atoms with Crippen LogP contribution in [0.3, 0.4) is 0 Å². The fourth-order valence-corrected chi connectivity index (χ4v) is 3.26. The third-order valence-corrected chi connectivity index (χ3v) is 4.82. The summed E-state index contributed by atoms with van der Waals surface area (Å²) in [5.41, 5.74) is 1.83. The number of amides is 1. The van der Waals surface area contributed by atoms with Crippen LogP contribution in [0.5, 0.6) is 5.75 Å². The maximum atomic E-state index is 12.5. The molecule has 6 nitrogen and oxygen atoms in total. The van der Waals surface area contributed by atoms with Crippen molar-refractivity contribution in [2.75, 3.05) is 19.4 Å². The number of para-hydroxylation sites is 1. The van der Waals surface area contributed by atoms with Crippen molar-refractivity contribution in [1.29, 1.82) is 0 Å². The van der Waals surface area contributed by atoms with Crippen molar-refractivity contribution >= 4 is 17.7 Å². The molecule has 7 heteroatoms. The van der Waals surface area contributed by atoms with Gasteiger partial charge in [-0.3, -0.25) is 4.79 Å². The maximum Gasteiger partial charge on any atom is 0.277 e. The lowest BCUT2D eigenvalue weighted by Gasteiger charge is -2.20. The molecule has 1 aromatic heterocycles. The Balaban J connectivity index is 1.61. The number of carbonyl (C=O) groups excluding carboxylic acids is 1. The van der Waals surface area contributed by atoms with Crippen molar-refractivity contribution in [2.45, 2.75) is 18.7 Å². The van der Waals surface area contributed by atoms with Gasteiger partial charge in [-0.1, -0.05) is 54.2 Å². The van der Waals surface area contributed by atoms with Gasteiger partial charge in [0.25, 0.3) is 11.1 Å². The van der Waals surface area contributed by atoms with Crippen LogP contribution in [0.2, 0.25) is 0 Å². The molecule has 0 N–H and O–H groups in total. The molecule has 27 heavy (non-hydrogen) atoms. The standard InChI is InChI=1S/C20H21N3O3S/c1-3-23(13-15-9-5-4-6-10-15)18(24)14-27-20-22-21-19(26-20)16-11-7-8-12-17(16)25-2/h4-12H,3,13-14H2,1-2H3. The highest BCUT2D eigenvalue weighted by molar-refractivity contribution is 7.99. The summed E-state index contributed by atoms with van der Waals surface area (Å²) in [5, 5.41) is 8.45. The highest BCUT2D eigenvalue weighted by atomic mass is 32.2. The molecule has 3 aromatic rings. The topological polar surface area (TPSA) is 68.5 Å². The van der Waals surface area contributed by atoms with E-state index in [0.29, 0.717) is 30.0 Å². The van der Waals surface area contributed by atoms with Crippen LogP contribution in [0.4, 0.5) is 0 Å². The molecule has 0 aliphatic carbocycles. The number of thioether (sulfide) groups is 1. The minimum absolute atomic E-state index is 0.0309. The molecular weight excluding hydrogens is 362 g/mol. The van der Waals surface area contributed by atoms with Gasteiger partial charge in [-0.25, -0.2) is 0 Å². The predicted octanol–water partition coefficient (Wildman–Crippen LogP) is 3.89. The fraction of sp³-hybridized carbons (Fsp3) is 0.250. The Morgan fingerprint density at radius 3 is 2.59 bits per heavy atom. The lowest BCUT2D eigenvalue weighted by atomic mass is 10.2. The third-order valence-electron chi connectivity index (χ3n) is 4.01. The second-order valence-electron chi connectivity index (χ2n) is 5.76. The molecule has 0 radical (unpaired) electrons. The second kappa shape index (κ2) is 9.23. The van der Waals surface area contributed by atoms with E-state index in [0.717, 1.165) is 11.1 Å². The first-order valence-electron chi connectivity index (χ1n) is 8.62. The zero-order valence-corrected chi connectivity index (χ0v) is 16.1. The molecule has 3 rings (SSSR count). The van der Waals surface area contributed by atoms with Gasteiger partial charge in [-0.05, 0) is 24.6 Å². The van der Waals surface area contributed by atoms with Crippen molar-refractivity contribution in [3.63, 3.8) is 0 Å². The van der Waals surface area contributed by atoms with Crippen LogP contribution in [-0.2, 0) is 11.3 Å². The summed E-state index contributed by atoms with van der Waals surface area (Å²) in [5.74, 6) is 1.31. The Hall–Kier alpha value is -2.80. The van der Waals surface area contributed by atoms with Crippen molar-refractivity contribution in [3.05, 3.63) is 60.2 Å². The zero-order chi connectivity index (χ0) is 19.1. The number of rotatable bonds is 8. The lowest BCUT2D eigenvalue weighted by Crippen LogP contribution is -2.31. The average molecular weight is 383 g/mol. The number of hydrogen-bond acceptors (Lipinski definition) is 6. The molecule has 0 fully saturated rings. The van der Waals surface area contributed by atoms with E-state index < -0.39 is 0 Å². The Morgan fingerprint density at radius 1 is 1.11 bits per heavy atom. The van der Waals surface area contributed by atoms with Gasteiger partial charge >= 0.3 is 0 Å². The Labute approximate surface area is 162 Å². The SMILES string of the molecule is CCN(Cc1ccccc1)C(=O)CSc1nnc(-c2ccccc2OC)o1. The van der Waals surface area contributed by atoms with Gasteiger partial charge in [0.1, 0.15) is 5.75 Å². The summed E-state index contributed by atoms with van der Waals surface area (Å²) < 4.78 is 11.0. The molecule has 1 amide bonds. The van der Waals surface area contributed by atoms with Gasteiger partial charge in [-0.2, -0.15) is 0 Å². The second-order valence-corrected chi connectivity index (χ2v) is 6.68. The van der Waals surface area contributed by atoms with Gasteiger partial charge in [-0.15, -0.1) is 10.2 Å². The van der Waals surface area contributed by atoms with Gasteiger partial charge in [0.2, 0.25) is 5.91 Å². The molecule has 140 valence electrons. The molecule has 0 unspecified atom stereocenters. The van der Waals surface area contributed by atoms with Crippen molar-refractivity contribution in [2.24, 2.45) is 0 Å². The van der Waals surface area contributed by atoms with Crippen LogP contribution < -0.4 is 4.74 Å². The maximum absolute atomic E-state index is 12.5. The number of aromatic nitrogens is 2. The van der Waals surface area contributed by atoms with E-state index in [1.54, 1.807) is 12.0 Å². The van der Waals surface area contributed by atoms with Crippen LogP contribution in [0.1, 0.15) is 12.5 Å². The van der Waals surface area contributed by atoms with E-state index in [1.165, 1.54) is 11.8 Å². The third kappa shape index (κ3) is 4.89. The molecule has 0 bridgehead atoms. The van der Waals surface area contributed by atoms with Crippen molar-refractivity contribution in [3.8, 4) is 17.2 Å². The number of carbonyl (C=O) groups is 1.